The highest BCUT2D eigenvalue weighted by molar-refractivity contribution is 6.36. The molecule has 0 saturated heterocycles. The Morgan fingerprint density at radius 1 is 1.03 bits per heavy atom. The molecule has 4 aromatic rings. The Morgan fingerprint density at radius 3 is 2.41 bits per heavy atom. The molecule has 0 saturated carbocycles. The van der Waals surface area contributed by atoms with Crippen LogP contribution in [0, 0.1) is 17.1 Å². The van der Waals surface area contributed by atoms with E-state index in [2.05, 4.69) is 11.1 Å². The Morgan fingerprint density at radius 2 is 1.74 bits per heavy atom. The Bertz CT molecular complexity index is 1490. The maximum absolute atomic E-state index is 13.7. The number of nitrogens with zero attached hydrogens (tertiary/aromatic N) is 2. The summed E-state index contributed by atoms with van der Waals surface area (Å²) in [4.78, 5) is 4.54. The minimum Gasteiger partial charge on any atom is -0.497 e. The van der Waals surface area contributed by atoms with E-state index in [-0.39, 0.29) is 11.7 Å². The topological polar surface area (TPSA) is 54.6 Å². The molecular formula is C28H18ClFN2O2. The first-order chi connectivity index (χ1) is 16.6. The fourth-order valence-electron chi connectivity index (χ4n) is 4.12. The molecule has 0 aromatic heterocycles. The van der Waals surface area contributed by atoms with Gasteiger partial charge in [-0.2, -0.15) is 5.26 Å². The second kappa shape index (κ2) is 9.01. The van der Waals surface area contributed by atoms with Gasteiger partial charge in [-0.25, -0.2) is 9.38 Å². The second-order valence-corrected chi connectivity index (χ2v) is 8.18. The van der Waals surface area contributed by atoms with Crippen molar-refractivity contribution >= 4 is 28.6 Å². The summed E-state index contributed by atoms with van der Waals surface area (Å²) in [5.41, 5.74) is 2.61. The molecular weight excluding hydrogens is 451 g/mol. The van der Waals surface area contributed by atoms with Crippen molar-refractivity contribution in [2.45, 2.75) is 5.92 Å². The summed E-state index contributed by atoms with van der Waals surface area (Å²) < 4.78 is 25.1. The quantitative estimate of drug-likeness (QED) is 0.302. The van der Waals surface area contributed by atoms with Crippen molar-refractivity contribution in [3.05, 3.63) is 118 Å². The summed E-state index contributed by atoms with van der Waals surface area (Å²) in [5, 5.41) is 12.3. The lowest BCUT2D eigenvalue weighted by atomic mass is 9.82. The SMILES string of the molecule is COc1ccc(/C=N/C2=C(C#N)C(c3ccc(F)cc3)c3cc(Cl)c4ccccc4c3O2)cc1. The Hall–Kier alpha value is -4.14. The summed E-state index contributed by atoms with van der Waals surface area (Å²) >= 11 is 6.61. The van der Waals surface area contributed by atoms with Gasteiger partial charge in [-0.05, 0) is 53.6 Å². The van der Waals surface area contributed by atoms with Gasteiger partial charge in [0.15, 0.2) is 0 Å². The van der Waals surface area contributed by atoms with Crippen molar-refractivity contribution in [1.29, 1.82) is 5.26 Å². The van der Waals surface area contributed by atoms with E-state index in [9.17, 15) is 9.65 Å². The van der Waals surface area contributed by atoms with Gasteiger partial charge in [0.05, 0.1) is 13.0 Å². The lowest BCUT2D eigenvalue weighted by molar-refractivity contribution is 0.400. The van der Waals surface area contributed by atoms with E-state index in [0.717, 1.165) is 33.2 Å². The van der Waals surface area contributed by atoms with Crippen LogP contribution in [0.4, 0.5) is 4.39 Å². The molecule has 0 bridgehead atoms. The van der Waals surface area contributed by atoms with Gasteiger partial charge in [0.1, 0.15) is 29.0 Å². The van der Waals surface area contributed by atoms with Crippen LogP contribution in [0.25, 0.3) is 10.8 Å². The number of nitriles is 1. The average Bonchev–Trinajstić information content (AvgIpc) is 2.88. The molecule has 1 aliphatic heterocycles. The standard InChI is InChI=1S/C28H18ClFN2O2/c1-33-20-12-6-17(7-13-20)16-32-28-24(15-31)26(18-8-10-19(30)11-9-18)23-14-25(29)21-4-2-3-5-22(21)27(23)34-28/h2-14,16,26H,1H3/b32-16+. The van der Waals surface area contributed by atoms with Crippen LogP contribution >= 0.6 is 11.6 Å². The highest BCUT2D eigenvalue weighted by Gasteiger charge is 2.33. The zero-order valence-corrected chi connectivity index (χ0v) is 18.9. The van der Waals surface area contributed by atoms with Crippen molar-refractivity contribution in [3.8, 4) is 17.6 Å². The van der Waals surface area contributed by atoms with Gasteiger partial charge in [-0.3, -0.25) is 0 Å². The number of hydrogen-bond acceptors (Lipinski definition) is 4. The van der Waals surface area contributed by atoms with Gasteiger partial charge in [-0.1, -0.05) is 48.0 Å². The zero-order chi connectivity index (χ0) is 23.7. The average molecular weight is 469 g/mol. The molecule has 0 spiro atoms. The lowest BCUT2D eigenvalue weighted by Gasteiger charge is -2.28. The van der Waals surface area contributed by atoms with Crippen LogP contribution in [-0.2, 0) is 0 Å². The van der Waals surface area contributed by atoms with Crippen molar-refractivity contribution in [2.75, 3.05) is 7.11 Å². The molecule has 4 aromatic carbocycles. The van der Waals surface area contributed by atoms with Crippen LogP contribution in [0.2, 0.25) is 5.02 Å². The minimum absolute atomic E-state index is 0.188. The first-order valence-corrected chi connectivity index (χ1v) is 10.9. The van der Waals surface area contributed by atoms with Crippen molar-refractivity contribution in [2.24, 2.45) is 4.99 Å². The zero-order valence-electron chi connectivity index (χ0n) is 18.1. The summed E-state index contributed by atoms with van der Waals surface area (Å²) in [6.45, 7) is 0. The first-order valence-electron chi connectivity index (χ1n) is 10.6. The molecule has 0 amide bonds. The van der Waals surface area contributed by atoms with Crippen molar-refractivity contribution in [3.63, 3.8) is 0 Å². The molecule has 34 heavy (non-hydrogen) atoms. The van der Waals surface area contributed by atoms with Gasteiger partial charge in [-0.15, -0.1) is 0 Å². The van der Waals surface area contributed by atoms with Gasteiger partial charge >= 0.3 is 0 Å². The van der Waals surface area contributed by atoms with E-state index in [1.165, 1.54) is 12.1 Å². The number of benzene rings is 4. The summed E-state index contributed by atoms with van der Waals surface area (Å²) in [6.07, 6.45) is 1.64. The third-order valence-electron chi connectivity index (χ3n) is 5.77. The molecule has 0 aliphatic carbocycles. The molecule has 0 radical (unpaired) electrons. The first kappa shape index (κ1) is 21.7. The molecule has 0 fully saturated rings. The highest BCUT2D eigenvalue weighted by Crippen LogP contribution is 2.48. The summed E-state index contributed by atoms with van der Waals surface area (Å²) in [7, 11) is 1.60. The summed E-state index contributed by atoms with van der Waals surface area (Å²) in [6, 6.07) is 25.2. The number of ether oxygens (including phenoxy) is 2. The molecule has 1 aliphatic rings. The Balaban J connectivity index is 1.70. The van der Waals surface area contributed by atoms with E-state index >= 15 is 0 Å². The third-order valence-corrected chi connectivity index (χ3v) is 6.09. The predicted molar refractivity (Wildman–Crippen MR) is 131 cm³/mol. The van der Waals surface area contributed by atoms with E-state index in [4.69, 9.17) is 21.1 Å². The number of rotatable bonds is 4. The Kier molecular flexibility index (Phi) is 5.75. The molecule has 1 heterocycles. The van der Waals surface area contributed by atoms with Crippen LogP contribution in [0.3, 0.4) is 0 Å². The molecule has 6 heteroatoms. The number of allylic oxidation sites excluding steroid dienone is 1. The predicted octanol–water partition coefficient (Wildman–Crippen LogP) is 7.02. The maximum Gasteiger partial charge on any atom is 0.234 e. The molecule has 0 N–H and O–H groups in total. The summed E-state index contributed by atoms with van der Waals surface area (Å²) in [5.74, 6) is 0.631. The maximum atomic E-state index is 13.7. The van der Waals surface area contributed by atoms with Crippen LogP contribution < -0.4 is 9.47 Å². The van der Waals surface area contributed by atoms with Crippen molar-refractivity contribution < 1.29 is 13.9 Å². The monoisotopic (exact) mass is 468 g/mol. The van der Waals surface area contributed by atoms with Crippen LogP contribution in [0.5, 0.6) is 11.5 Å². The van der Waals surface area contributed by atoms with E-state index in [1.807, 2.05) is 54.6 Å². The third kappa shape index (κ3) is 3.89. The smallest absolute Gasteiger partial charge is 0.234 e. The number of aliphatic imine (C=N–C) groups is 1. The van der Waals surface area contributed by atoms with Gasteiger partial charge in [0, 0.05) is 27.6 Å². The number of methoxy groups -OCH3 is 1. The fraction of sp³-hybridized carbons (Fsp3) is 0.0714. The Labute approximate surface area is 201 Å². The molecule has 1 unspecified atom stereocenters. The minimum atomic E-state index is -0.514. The second-order valence-electron chi connectivity index (χ2n) is 7.77. The largest absolute Gasteiger partial charge is 0.497 e. The van der Waals surface area contributed by atoms with E-state index < -0.39 is 5.92 Å². The van der Waals surface area contributed by atoms with Crippen LogP contribution in [0.15, 0.2) is 95.3 Å². The van der Waals surface area contributed by atoms with E-state index in [1.54, 1.807) is 25.5 Å². The molecule has 1 atom stereocenters. The van der Waals surface area contributed by atoms with Crippen molar-refractivity contribution in [1.82, 2.24) is 0 Å². The molecule has 4 nitrogen and oxygen atoms in total. The lowest BCUT2D eigenvalue weighted by Crippen LogP contribution is -2.16. The number of hydrogen-bond donors (Lipinski definition) is 0. The number of fused-ring (bicyclic) bond motifs is 3. The van der Waals surface area contributed by atoms with Crippen LogP contribution in [0.1, 0.15) is 22.6 Å². The normalized spacial score (nSPS) is 15.2. The van der Waals surface area contributed by atoms with Gasteiger partial charge in [0.2, 0.25) is 5.88 Å². The number of halogens is 2. The fourth-order valence-corrected chi connectivity index (χ4v) is 4.40. The molecule has 5 rings (SSSR count). The van der Waals surface area contributed by atoms with E-state index in [0.29, 0.717) is 16.3 Å². The molecule has 166 valence electrons. The highest BCUT2D eigenvalue weighted by atomic mass is 35.5. The van der Waals surface area contributed by atoms with Crippen LogP contribution in [-0.4, -0.2) is 13.3 Å². The van der Waals surface area contributed by atoms with Gasteiger partial charge < -0.3 is 9.47 Å². The van der Waals surface area contributed by atoms with Gasteiger partial charge in [0.25, 0.3) is 0 Å².